The van der Waals surface area contributed by atoms with Gasteiger partial charge in [-0.1, -0.05) is 115 Å². The Morgan fingerprint density at radius 3 is 2.35 bits per heavy atom. The van der Waals surface area contributed by atoms with Crippen LogP contribution in [0.1, 0.15) is 31.1 Å². The van der Waals surface area contributed by atoms with Crippen molar-refractivity contribution in [2.24, 2.45) is 11.8 Å². The molecule has 1 heterocycles. The maximum atomic E-state index is 9.24. The summed E-state index contributed by atoms with van der Waals surface area (Å²) in [5.74, 6) is 0.932. The summed E-state index contributed by atoms with van der Waals surface area (Å²) in [5.41, 5.74) is 5.23. The molecule has 0 saturated heterocycles. The molecule has 3 aromatic rings. The number of benzene rings is 3. The average Bonchev–Trinajstić information content (AvgIpc) is 3.40. The topological polar surface area (TPSA) is 9.23 Å². The fraction of sp³-hybridized carbons (Fsp3) is 0.167. The van der Waals surface area contributed by atoms with Crippen LogP contribution in [0.25, 0.3) is 22.8 Å². The van der Waals surface area contributed by atoms with Gasteiger partial charge < -0.3 is 4.74 Å². The van der Waals surface area contributed by atoms with Crippen molar-refractivity contribution in [2.45, 2.75) is 24.8 Å². The molecule has 8 rings (SSSR count). The van der Waals surface area contributed by atoms with E-state index in [9.17, 15) is 1.37 Å². The highest BCUT2D eigenvalue weighted by molar-refractivity contribution is 5.94. The maximum absolute atomic E-state index is 9.24. The zero-order chi connectivity index (χ0) is 28.7. The van der Waals surface area contributed by atoms with Crippen molar-refractivity contribution in [3.63, 3.8) is 0 Å². The van der Waals surface area contributed by atoms with Crippen LogP contribution < -0.4 is 25.6 Å². The van der Waals surface area contributed by atoms with E-state index >= 15 is 0 Å². The second-order valence-corrected chi connectivity index (χ2v) is 10.1. The van der Waals surface area contributed by atoms with Crippen molar-refractivity contribution in [1.29, 1.82) is 0 Å². The lowest BCUT2D eigenvalue weighted by atomic mass is 9.67. The van der Waals surface area contributed by atoms with Gasteiger partial charge in [-0.05, 0) is 62.0 Å². The maximum Gasteiger partial charge on any atom is 0.134 e. The molecule has 5 aliphatic rings. The minimum atomic E-state index is -1.08. The number of hydrogen-bond acceptors (Lipinski definition) is 1. The molecule has 0 radical (unpaired) electrons. The van der Waals surface area contributed by atoms with Gasteiger partial charge in [-0.25, -0.2) is 0 Å². The van der Waals surface area contributed by atoms with Crippen LogP contribution in [-0.4, -0.2) is 6.10 Å². The monoisotopic (exact) mass is 481 g/mol. The van der Waals surface area contributed by atoms with E-state index in [2.05, 4.69) is 72.9 Å². The lowest BCUT2D eigenvalue weighted by Gasteiger charge is -2.37. The molecule has 0 saturated carbocycles. The van der Waals surface area contributed by atoms with Gasteiger partial charge in [-0.15, -0.1) is 0 Å². The molecule has 0 fully saturated rings. The van der Waals surface area contributed by atoms with E-state index in [1.165, 1.54) is 17.2 Å². The van der Waals surface area contributed by atoms with Crippen LogP contribution in [0.2, 0.25) is 0 Å². The Hall–Kier alpha value is -4.10. The molecule has 0 amide bonds. The van der Waals surface area contributed by atoms with Crippen LogP contribution in [0.3, 0.4) is 0 Å². The molecule has 6 atom stereocenters. The molecule has 3 aromatic carbocycles. The van der Waals surface area contributed by atoms with E-state index in [4.69, 9.17) is 10.2 Å². The highest BCUT2D eigenvalue weighted by Crippen LogP contribution is 2.49. The number of hydrogen-bond donors (Lipinski definition) is 0. The second-order valence-electron chi connectivity index (χ2n) is 10.1. The minimum Gasteiger partial charge on any atom is -0.484 e. The molecule has 0 spiro atoms. The van der Waals surface area contributed by atoms with Gasteiger partial charge in [-0.3, -0.25) is 0 Å². The van der Waals surface area contributed by atoms with Gasteiger partial charge in [0.1, 0.15) is 11.9 Å². The highest BCUT2D eigenvalue weighted by atomic mass is 16.5. The largest absolute Gasteiger partial charge is 0.484 e. The third-order valence-electron chi connectivity index (χ3n) is 8.25. The highest BCUT2D eigenvalue weighted by Gasteiger charge is 2.41. The van der Waals surface area contributed by atoms with Crippen LogP contribution >= 0.6 is 0 Å². The SMILES string of the molecule is [2H]C1=c2cc([2H])c([2H])cc2=C(C2=c3ccccc3=C(C3=CC=CC4c5ccccc5OC34)C3C=CC=CC23)C([2H])C1[2H]. The predicted octanol–water partition coefficient (Wildman–Crippen LogP) is 4.83. The van der Waals surface area contributed by atoms with Gasteiger partial charge in [0.25, 0.3) is 0 Å². The summed E-state index contributed by atoms with van der Waals surface area (Å²) in [5, 5.41) is 3.21. The van der Waals surface area contributed by atoms with Gasteiger partial charge in [0, 0.05) is 26.1 Å². The van der Waals surface area contributed by atoms with Gasteiger partial charge in [0.15, 0.2) is 0 Å². The summed E-state index contributed by atoms with van der Waals surface area (Å²) in [7, 11) is 0. The molecular weight excluding hydrogens is 448 g/mol. The summed E-state index contributed by atoms with van der Waals surface area (Å²) in [4.78, 5) is 0. The summed E-state index contributed by atoms with van der Waals surface area (Å²) in [6, 6.07) is 19.9. The van der Waals surface area contributed by atoms with E-state index in [0.717, 1.165) is 27.3 Å². The van der Waals surface area contributed by atoms with Crippen molar-refractivity contribution < 1.29 is 11.6 Å². The standard InChI is InChI=1S/C36H28O/c1-2-13-24-23(11-1)12-9-19-26(24)34-27-15-3-5-17-29(27)35(30-18-6-4-16-28(30)34)32-21-10-20-31-25-14-7-8-22-33(25)37-36(31)32/h1-8,10-18,20-22,27,29,31,36H,9,19H2/i1D,2D,9D,12D,19D. The lowest BCUT2D eigenvalue weighted by Crippen LogP contribution is -2.44. The normalized spacial score (nSPS) is 32.4. The molecular formula is C36H28O. The zero-order valence-electron chi connectivity index (χ0n) is 25.2. The molecule has 0 bridgehead atoms. The first-order chi connectivity index (χ1) is 20.4. The zero-order valence-corrected chi connectivity index (χ0v) is 20.2. The van der Waals surface area contributed by atoms with Crippen LogP contribution in [0.5, 0.6) is 5.75 Å². The van der Waals surface area contributed by atoms with Crippen molar-refractivity contribution >= 4 is 22.8 Å². The second kappa shape index (κ2) is 8.21. The van der Waals surface area contributed by atoms with Gasteiger partial charge >= 0.3 is 0 Å². The Kier molecular flexibility index (Phi) is 3.69. The molecule has 1 heteroatoms. The smallest absolute Gasteiger partial charge is 0.134 e. The first kappa shape index (κ1) is 16.6. The average molecular weight is 482 g/mol. The summed E-state index contributed by atoms with van der Waals surface area (Å²) < 4.78 is 50.0. The lowest BCUT2D eigenvalue weighted by molar-refractivity contribution is 0.259. The van der Waals surface area contributed by atoms with Crippen molar-refractivity contribution in [1.82, 2.24) is 0 Å². The number of para-hydroxylation sites is 1. The number of fused-ring (bicyclic) bond motifs is 6. The Labute approximate surface area is 224 Å². The molecule has 6 unspecified atom stereocenters. The van der Waals surface area contributed by atoms with E-state index in [1.54, 1.807) is 6.07 Å². The molecule has 37 heavy (non-hydrogen) atoms. The van der Waals surface area contributed by atoms with Crippen LogP contribution in [0, 0.1) is 11.8 Å². The van der Waals surface area contributed by atoms with E-state index in [0.29, 0.717) is 16.0 Å². The predicted molar refractivity (Wildman–Crippen MR) is 151 cm³/mol. The Morgan fingerprint density at radius 1 is 0.730 bits per heavy atom. The van der Waals surface area contributed by atoms with Gasteiger partial charge in [0.2, 0.25) is 0 Å². The Balaban J connectivity index is 1.47. The molecule has 178 valence electrons. The van der Waals surface area contributed by atoms with Gasteiger partial charge in [-0.2, -0.15) is 0 Å². The fourth-order valence-corrected chi connectivity index (χ4v) is 6.72. The van der Waals surface area contributed by atoms with Crippen molar-refractivity contribution in [3.05, 3.63) is 147 Å². The van der Waals surface area contributed by atoms with Crippen LogP contribution in [0.15, 0.2) is 121 Å². The molecule has 4 aliphatic carbocycles. The Morgan fingerprint density at radius 2 is 1.46 bits per heavy atom. The van der Waals surface area contributed by atoms with Crippen LogP contribution in [0.4, 0.5) is 0 Å². The van der Waals surface area contributed by atoms with Crippen molar-refractivity contribution in [3.8, 4) is 5.75 Å². The third-order valence-corrected chi connectivity index (χ3v) is 8.25. The van der Waals surface area contributed by atoms with E-state index in [-0.39, 0.29) is 42.0 Å². The van der Waals surface area contributed by atoms with E-state index < -0.39 is 12.8 Å². The van der Waals surface area contributed by atoms with Crippen molar-refractivity contribution in [2.75, 3.05) is 0 Å². The minimum absolute atomic E-state index is 0.0229. The summed E-state index contributed by atoms with van der Waals surface area (Å²) in [6.45, 7) is 0. The molecule has 1 nitrogen and oxygen atoms in total. The number of allylic oxidation sites excluding steroid dienone is 6. The molecule has 0 aromatic heterocycles. The van der Waals surface area contributed by atoms with Crippen LogP contribution in [-0.2, 0) is 0 Å². The molecule has 0 N–H and O–H groups in total. The summed E-state index contributed by atoms with van der Waals surface area (Å²) in [6.07, 6.45) is 12.9. The van der Waals surface area contributed by atoms with Gasteiger partial charge in [0.05, 0.1) is 4.11 Å². The molecule has 1 aliphatic heterocycles. The number of rotatable bonds is 2. The fourth-order valence-electron chi connectivity index (χ4n) is 6.72. The first-order valence-corrected chi connectivity index (χ1v) is 12.9. The van der Waals surface area contributed by atoms with E-state index in [1.807, 2.05) is 18.2 Å². The Bertz CT molecular complexity index is 2070. The third kappa shape index (κ3) is 3.10. The summed E-state index contributed by atoms with van der Waals surface area (Å²) >= 11 is 0. The number of ether oxygens (including phenoxy) is 1. The first-order valence-electron chi connectivity index (χ1n) is 15.6. The quantitative estimate of drug-likeness (QED) is 0.510.